The molecule has 1 atom stereocenters. The van der Waals surface area contributed by atoms with Gasteiger partial charge in [-0.05, 0) is 31.0 Å². The van der Waals surface area contributed by atoms with Crippen LogP contribution in [-0.2, 0) is 20.6 Å². The predicted octanol–water partition coefficient (Wildman–Crippen LogP) is 2.28. The van der Waals surface area contributed by atoms with Gasteiger partial charge in [-0.15, -0.1) is 11.6 Å². The molecule has 0 saturated carbocycles. The molecule has 0 radical (unpaired) electrons. The number of halogens is 2. The lowest BCUT2D eigenvalue weighted by atomic mass is 10.1. The van der Waals surface area contributed by atoms with E-state index in [1.807, 2.05) is 0 Å². The van der Waals surface area contributed by atoms with E-state index in [4.69, 9.17) is 16.3 Å². The van der Waals surface area contributed by atoms with Gasteiger partial charge in [-0.3, -0.25) is 0 Å². The van der Waals surface area contributed by atoms with Crippen LogP contribution in [-0.4, -0.2) is 39.0 Å². The molecule has 2 rings (SSSR count). The van der Waals surface area contributed by atoms with E-state index < -0.39 is 15.8 Å². The number of ether oxygens (including phenoxy) is 1. The number of rotatable bonds is 4. The van der Waals surface area contributed by atoms with E-state index in [0.717, 1.165) is 0 Å². The van der Waals surface area contributed by atoms with Gasteiger partial charge in [0.1, 0.15) is 5.82 Å². The first-order valence-corrected chi connectivity index (χ1v) is 8.25. The molecule has 20 heavy (non-hydrogen) atoms. The topological polar surface area (TPSA) is 46.6 Å². The van der Waals surface area contributed by atoms with Crippen LogP contribution in [0.3, 0.4) is 0 Å². The van der Waals surface area contributed by atoms with Crippen LogP contribution in [0.15, 0.2) is 17.0 Å². The zero-order valence-electron chi connectivity index (χ0n) is 11.4. The fraction of sp³-hybridized carbons (Fsp3) is 0.538. The zero-order chi connectivity index (χ0) is 14.9. The highest BCUT2D eigenvalue weighted by Crippen LogP contribution is 2.27. The number of sulfonamides is 1. The number of methoxy groups -OCH3 is 1. The van der Waals surface area contributed by atoms with Crippen molar-refractivity contribution >= 4 is 21.6 Å². The maximum Gasteiger partial charge on any atom is 0.243 e. The van der Waals surface area contributed by atoms with E-state index >= 15 is 0 Å². The minimum atomic E-state index is -3.71. The first-order valence-electron chi connectivity index (χ1n) is 6.28. The van der Waals surface area contributed by atoms with Crippen molar-refractivity contribution in [2.75, 3.05) is 20.2 Å². The number of nitrogens with zero attached hydrogens (tertiary/aromatic N) is 1. The fourth-order valence-corrected chi connectivity index (χ4v) is 4.23. The summed E-state index contributed by atoms with van der Waals surface area (Å²) in [5.74, 6) is -0.482. The average Bonchev–Trinajstić information content (AvgIpc) is 2.91. The molecule has 112 valence electrons. The van der Waals surface area contributed by atoms with Crippen molar-refractivity contribution in [3.05, 3.63) is 29.1 Å². The van der Waals surface area contributed by atoms with Crippen molar-refractivity contribution in [2.45, 2.75) is 30.2 Å². The van der Waals surface area contributed by atoms with E-state index in [0.29, 0.717) is 25.1 Å². The van der Waals surface area contributed by atoms with E-state index in [-0.39, 0.29) is 22.4 Å². The largest absolute Gasteiger partial charge is 0.380 e. The van der Waals surface area contributed by atoms with Crippen molar-refractivity contribution < 1.29 is 17.5 Å². The number of benzene rings is 1. The Kier molecular flexibility index (Phi) is 4.69. The first-order chi connectivity index (χ1) is 9.40. The molecule has 0 amide bonds. The Morgan fingerprint density at radius 1 is 1.50 bits per heavy atom. The molecule has 0 N–H and O–H groups in total. The van der Waals surface area contributed by atoms with Gasteiger partial charge in [0.05, 0.1) is 11.0 Å². The SMILES string of the molecule is COC1CCN(S(=O)(=O)c2cc(CCl)cc(F)c2C)C1. The van der Waals surface area contributed by atoms with Gasteiger partial charge in [0.2, 0.25) is 10.0 Å². The summed E-state index contributed by atoms with van der Waals surface area (Å²) in [6.07, 6.45) is 0.540. The smallest absolute Gasteiger partial charge is 0.243 e. The highest BCUT2D eigenvalue weighted by Gasteiger charge is 2.34. The van der Waals surface area contributed by atoms with Gasteiger partial charge < -0.3 is 4.74 Å². The number of hydrogen-bond donors (Lipinski definition) is 0. The molecule has 1 fully saturated rings. The lowest BCUT2D eigenvalue weighted by molar-refractivity contribution is 0.115. The van der Waals surface area contributed by atoms with Crippen LogP contribution in [0.4, 0.5) is 4.39 Å². The third-order valence-electron chi connectivity index (χ3n) is 3.57. The fourth-order valence-electron chi connectivity index (χ4n) is 2.30. The van der Waals surface area contributed by atoms with Crippen LogP contribution in [0.25, 0.3) is 0 Å². The van der Waals surface area contributed by atoms with Crippen LogP contribution < -0.4 is 0 Å². The van der Waals surface area contributed by atoms with Crippen molar-refractivity contribution in [3.63, 3.8) is 0 Å². The number of alkyl halides is 1. The van der Waals surface area contributed by atoms with Gasteiger partial charge >= 0.3 is 0 Å². The van der Waals surface area contributed by atoms with Crippen molar-refractivity contribution in [1.29, 1.82) is 0 Å². The lowest BCUT2D eigenvalue weighted by Crippen LogP contribution is -2.30. The van der Waals surface area contributed by atoms with Crippen molar-refractivity contribution in [2.24, 2.45) is 0 Å². The maximum absolute atomic E-state index is 13.8. The second-order valence-corrected chi connectivity index (χ2v) is 7.02. The normalized spacial score (nSPS) is 20.5. The highest BCUT2D eigenvalue weighted by molar-refractivity contribution is 7.89. The van der Waals surface area contributed by atoms with E-state index in [2.05, 4.69) is 0 Å². The van der Waals surface area contributed by atoms with Gasteiger partial charge in [0, 0.05) is 31.6 Å². The highest BCUT2D eigenvalue weighted by atomic mass is 35.5. The van der Waals surface area contributed by atoms with Gasteiger partial charge in [0.15, 0.2) is 0 Å². The standard InChI is InChI=1S/C13H17ClFNO3S/c1-9-12(15)5-10(7-14)6-13(9)20(17,18)16-4-3-11(8-16)19-2/h5-6,11H,3-4,7-8H2,1-2H3. The Morgan fingerprint density at radius 2 is 2.20 bits per heavy atom. The third-order valence-corrected chi connectivity index (χ3v) is 5.87. The van der Waals surface area contributed by atoms with Gasteiger partial charge in [-0.1, -0.05) is 0 Å². The molecule has 1 aromatic carbocycles. The molecule has 1 saturated heterocycles. The molecule has 0 aliphatic carbocycles. The Labute approximate surface area is 123 Å². The van der Waals surface area contributed by atoms with Crippen LogP contribution in [0, 0.1) is 12.7 Å². The second kappa shape index (κ2) is 5.97. The summed E-state index contributed by atoms with van der Waals surface area (Å²) in [6, 6.07) is 2.71. The van der Waals surface area contributed by atoms with Gasteiger partial charge in [-0.2, -0.15) is 4.31 Å². The molecule has 0 bridgehead atoms. The zero-order valence-corrected chi connectivity index (χ0v) is 13.0. The van der Waals surface area contributed by atoms with Crippen LogP contribution in [0.1, 0.15) is 17.5 Å². The molecule has 1 aromatic rings. The molecule has 0 aromatic heterocycles. The molecule has 4 nitrogen and oxygen atoms in total. The predicted molar refractivity (Wildman–Crippen MR) is 74.9 cm³/mol. The Morgan fingerprint density at radius 3 is 2.75 bits per heavy atom. The molecule has 1 heterocycles. The van der Waals surface area contributed by atoms with E-state index in [1.54, 1.807) is 7.11 Å². The summed E-state index contributed by atoms with van der Waals surface area (Å²) in [5, 5.41) is 0. The molecule has 1 unspecified atom stereocenters. The third kappa shape index (κ3) is 2.83. The number of hydrogen-bond acceptors (Lipinski definition) is 3. The van der Waals surface area contributed by atoms with E-state index in [1.165, 1.54) is 23.4 Å². The Hall–Kier alpha value is -0.690. The van der Waals surface area contributed by atoms with Crippen molar-refractivity contribution in [3.8, 4) is 0 Å². The summed E-state index contributed by atoms with van der Waals surface area (Å²) in [5.41, 5.74) is 0.579. The maximum atomic E-state index is 13.8. The van der Waals surface area contributed by atoms with E-state index in [9.17, 15) is 12.8 Å². The molecule has 1 aliphatic rings. The monoisotopic (exact) mass is 321 g/mol. The van der Waals surface area contributed by atoms with Gasteiger partial charge in [-0.25, -0.2) is 12.8 Å². The average molecular weight is 322 g/mol. The molecular formula is C13H17ClFNO3S. The summed E-state index contributed by atoms with van der Waals surface area (Å²) < 4.78 is 45.5. The molecule has 1 aliphatic heterocycles. The Balaban J connectivity index is 2.42. The molecular weight excluding hydrogens is 305 g/mol. The molecule has 7 heteroatoms. The minimum Gasteiger partial charge on any atom is -0.380 e. The van der Waals surface area contributed by atoms with Crippen molar-refractivity contribution in [1.82, 2.24) is 4.31 Å². The lowest BCUT2D eigenvalue weighted by Gasteiger charge is -2.18. The van der Waals surface area contributed by atoms with Gasteiger partial charge in [0.25, 0.3) is 0 Å². The summed E-state index contributed by atoms with van der Waals surface area (Å²) in [4.78, 5) is -0.00935. The first kappa shape index (κ1) is 15.7. The second-order valence-electron chi connectivity index (χ2n) is 4.84. The summed E-state index contributed by atoms with van der Waals surface area (Å²) in [6.45, 7) is 2.14. The molecule has 0 spiro atoms. The van der Waals surface area contributed by atoms with Crippen LogP contribution in [0.5, 0.6) is 0 Å². The quantitative estimate of drug-likeness (QED) is 0.799. The van der Waals surface area contributed by atoms with Crippen LogP contribution >= 0.6 is 11.6 Å². The van der Waals surface area contributed by atoms with Crippen LogP contribution in [0.2, 0.25) is 0 Å². The minimum absolute atomic E-state index is 0.00935. The Bertz CT molecular complexity index is 606. The summed E-state index contributed by atoms with van der Waals surface area (Å²) in [7, 11) is -2.16. The summed E-state index contributed by atoms with van der Waals surface area (Å²) >= 11 is 5.68.